The van der Waals surface area contributed by atoms with E-state index in [1.54, 1.807) is 18.1 Å². The molecule has 0 spiro atoms. The van der Waals surface area contributed by atoms with E-state index in [4.69, 9.17) is 4.74 Å². The number of carbonyl (C=O) groups excluding carboxylic acids is 1. The van der Waals surface area contributed by atoms with Gasteiger partial charge in [-0.2, -0.15) is 0 Å². The van der Waals surface area contributed by atoms with Gasteiger partial charge in [-0.1, -0.05) is 19.1 Å². The van der Waals surface area contributed by atoms with Gasteiger partial charge in [0.05, 0.1) is 12.2 Å². The summed E-state index contributed by atoms with van der Waals surface area (Å²) in [6.45, 7) is 2.45. The van der Waals surface area contributed by atoms with Crippen LogP contribution in [0.25, 0.3) is 10.2 Å². The number of hydrogen-bond acceptors (Lipinski definition) is 6. The molecule has 0 saturated heterocycles. The van der Waals surface area contributed by atoms with Gasteiger partial charge in [0.2, 0.25) is 0 Å². The molecule has 0 radical (unpaired) electrons. The number of aryl methyl sites for hydroxylation is 2. The molecule has 2 heterocycles. The normalized spacial score (nSPS) is 13.5. The first kappa shape index (κ1) is 18.4. The number of esters is 1. The molecule has 27 heavy (non-hydrogen) atoms. The van der Waals surface area contributed by atoms with Crippen LogP contribution in [0.15, 0.2) is 35.6 Å². The van der Waals surface area contributed by atoms with Crippen LogP contribution in [0.3, 0.4) is 0 Å². The number of benzene rings is 1. The number of fused-ring (bicyclic) bond motifs is 3. The summed E-state index contributed by atoms with van der Waals surface area (Å²) in [5, 5.41) is 2.34. The number of rotatable bonds is 6. The third kappa shape index (κ3) is 4.01. The summed E-state index contributed by atoms with van der Waals surface area (Å²) in [5.41, 5.74) is 3.25. The Hall–Kier alpha value is -1.92. The SMILES string of the molecule is CCCOC(=O)c1ccc(CSc2ncnc3sc4c(c23)CCCC4)cc1. The molecule has 0 saturated carbocycles. The molecule has 0 bridgehead atoms. The van der Waals surface area contributed by atoms with Crippen LogP contribution in [0.2, 0.25) is 0 Å². The largest absolute Gasteiger partial charge is 0.462 e. The highest BCUT2D eigenvalue weighted by Crippen LogP contribution is 2.39. The first-order valence-corrected chi connectivity index (χ1v) is 11.2. The maximum atomic E-state index is 11.9. The van der Waals surface area contributed by atoms with Crippen molar-refractivity contribution in [1.29, 1.82) is 0 Å². The molecular weight excluding hydrogens is 376 g/mol. The van der Waals surface area contributed by atoms with Gasteiger partial charge < -0.3 is 4.74 Å². The molecule has 1 aromatic carbocycles. The predicted octanol–water partition coefficient (Wildman–Crippen LogP) is 5.43. The van der Waals surface area contributed by atoms with Crippen molar-refractivity contribution in [2.45, 2.75) is 49.8 Å². The van der Waals surface area contributed by atoms with Crippen molar-refractivity contribution in [1.82, 2.24) is 9.97 Å². The molecule has 0 aliphatic heterocycles. The third-order valence-corrected chi connectivity index (χ3v) is 6.98. The minimum absolute atomic E-state index is 0.251. The van der Waals surface area contributed by atoms with Gasteiger partial charge >= 0.3 is 5.97 Å². The molecule has 0 fully saturated rings. The maximum absolute atomic E-state index is 11.9. The average Bonchev–Trinajstić information content (AvgIpc) is 3.10. The molecule has 4 rings (SSSR count). The lowest BCUT2D eigenvalue weighted by molar-refractivity contribution is 0.0505. The lowest BCUT2D eigenvalue weighted by Gasteiger charge is -2.11. The van der Waals surface area contributed by atoms with Crippen molar-refractivity contribution in [3.05, 3.63) is 52.2 Å². The fraction of sp³-hybridized carbons (Fsp3) is 0.381. The van der Waals surface area contributed by atoms with Crippen LogP contribution in [0.4, 0.5) is 0 Å². The Morgan fingerprint density at radius 3 is 2.81 bits per heavy atom. The molecule has 3 aromatic rings. The van der Waals surface area contributed by atoms with Crippen molar-refractivity contribution in [3.8, 4) is 0 Å². The molecule has 0 amide bonds. The number of carbonyl (C=O) groups is 1. The average molecular weight is 399 g/mol. The highest BCUT2D eigenvalue weighted by molar-refractivity contribution is 7.98. The van der Waals surface area contributed by atoms with Crippen LogP contribution in [-0.2, 0) is 23.3 Å². The lowest BCUT2D eigenvalue weighted by Crippen LogP contribution is -2.05. The van der Waals surface area contributed by atoms with E-state index >= 15 is 0 Å². The van der Waals surface area contributed by atoms with E-state index in [-0.39, 0.29) is 5.97 Å². The van der Waals surface area contributed by atoms with Gasteiger partial charge in [0.1, 0.15) is 16.2 Å². The van der Waals surface area contributed by atoms with Gasteiger partial charge in [-0.3, -0.25) is 0 Å². The summed E-state index contributed by atoms with van der Waals surface area (Å²) in [4.78, 5) is 23.6. The molecule has 140 valence electrons. The second kappa shape index (κ2) is 8.40. The summed E-state index contributed by atoms with van der Waals surface area (Å²) < 4.78 is 5.18. The zero-order valence-electron chi connectivity index (χ0n) is 15.4. The van der Waals surface area contributed by atoms with Gasteiger partial charge in [0, 0.05) is 16.0 Å². The number of thioether (sulfide) groups is 1. The highest BCUT2D eigenvalue weighted by atomic mass is 32.2. The second-order valence-electron chi connectivity index (χ2n) is 6.69. The number of aromatic nitrogens is 2. The second-order valence-corrected chi connectivity index (χ2v) is 8.74. The van der Waals surface area contributed by atoms with Crippen LogP contribution >= 0.6 is 23.1 Å². The molecule has 4 nitrogen and oxygen atoms in total. The van der Waals surface area contributed by atoms with Gasteiger partial charge in [-0.05, 0) is 55.4 Å². The summed E-state index contributed by atoms with van der Waals surface area (Å²) >= 11 is 3.58. The summed E-state index contributed by atoms with van der Waals surface area (Å²) in [6.07, 6.45) is 7.37. The first-order valence-electron chi connectivity index (χ1n) is 9.40. The van der Waals surface area contributed by atoms with Gasteiger partial charge in [-0.25, -0.2) is 14.8 Å². The highest BCUT2D eigenvalue weighted by Gasteiger charge is 2.20. The molecule has 2 aromatic heterocycles. The first-order chi connectivity index (χ1) is 13.3. The van der Waals surface area contributed by atoms with Crippen molar-refractivity contribution < 1.29 is 9.53 Å². The topological polar surface area (TPSA) is 52.1 Å². The Morgan fingerprint density at radius 2 is 2.00 bits per heavy atom. The van der Waals surface area contributed by atoms with E-state index in [0.717, 1.165) is 28.5 Å². The van der Waals surface area contributed by atoms with Gasteiger partial charge in [-0.15, -0.1) is 23.1 Å². The van der Waals surface area contributed by atoms with Crippen molar-refractivity contribution in [2.24, 2.45) is 0 Å². The van der Waals surface area contributed by atoms with Crippen molar-refractivity contribution in [3.63, 3.8) is 0 Å². The van der Waals surface area contributed by atoms with E-state index < -0.39 is 0 Å². The molecule has 1 aliphatic rings. The molecule has 0 unspecified atom stereocenters. The number of hydrogen-bond donors (Lipinski definition) is 0. The zero-order chi connectivity index (χ0) is 18.6. The zero-order valence-corrected chi connectivity index (χ0v) is 17.0. The van der Waals surface area contributed by atoms with E-state index in [0.29, 0.717) is 12.2 Å². The van der Waals surface area contributed by atoms with E-state index in [9.17, 15) is 4.79 Å². The Morgan fingerprint density at radius 1 is 1.19 bits per heavy atom. The summed E-state index contributed by atoms with van der Waals surface area (Å²) in [6, 6.07) is 7.68. The number of nitrogens with zero attached hydrogens (tertiary/aromatic N) is 2. The Kier molecular flexibility index (Phi) is 5.74. The molecule has 0 N–H and O–H groups in total. The fourth-order valence-electron chi connectivity index (χ4n) is 3.34. The van der Waals surface area contributed by atoms with E-state index in [1.165, 1.54) is 40.7 Å². The number of ether oxygens (including phenoxy) is 1. The van der Waals surface area contributed by atoms with Crippen LogP contribution in [0.5, 0.6) is 0 Å². The van der Waals surface area contributed by atoms with Crippen LogP contribution in [-0.4, -0.2) is 22.5 Å². The maximum Gasteiger partial charge on any atom is 0.338 e. The fourth-order valence-corrected chi connectivity index (χ4v) is 5.61. The predicted molar refractivity (Wildman–Crippen MR) is 111 cm³/mol. The van der Waals surface area contributed by atoms with Crippen LogP contribution in [0.1, 0.15) is 52.5 Å². The molecule has 6 heteroatoms. The molecule has 0 atom stereocenters. The monoisotopic (exact) mass is 398 g/mol. The summed E-state index contributed by atoms with van der Waals surface area (Å²) in [7, 11) is 0. The minimum atomic E-state index is -0.251. The third-order valence-electron chi connectivity index (χ3n) is 4.72. The smallest absolute Gasteiger partial charge is 0.338 e. The quantitative estimate of drug-likeness (QED) is 0.315. The van der Waals surface area contributed by atoms with E-state index in [1.807, 2.05) is 42.5 Å². The molecule has 1 aliphatic carbocycles. The minimum Gasteiger partial charge on any atom is -0.462 e. The van der Waals surface area contributed by atoms with Gasteiger partial charge in [0.15, 0.2) is 0 Å². The number of thiophene rings is 1. The van der Waals surface area contributed by atoms with Crippen LogP contribution in [0, 0.1) is 0 Å². The van der Waals surface area contributed by atoms with Gasteiger partial charge in [0.25, 0.3) is 0 Å². The standard InChI is InChI=1S/C21H22N2O2S2/c1-2-11-25-21(24)15-9-7-14(8-10-15)12-26-19-18-16-5-3-4-6-17(16)27-20(18)23-13-22-19/h7-10,13H,2-6,11-12H2,1H3. The van der Waals surface area contributed by atoms with Crippen molar-refractivity contribution >= 4 is 39.3 Å². The molecular formula is C21H22N2O2S2. The Labute approximate surface area is 167 Å². The Bertz CT molecular complexity index is 951. The summed E-state index contributed by atoms with van der Waals surface area (Å²) in [5.74, 6) is 0.569. The Balaban J connectivity index is 1.49. The lowest BCUT2D eigenvalue weighted by atomic mass is 9.97. The van der Waals surface area contributed by atoms with E-state index in [2.05, 4.69) is 9.97 Å². The van der Waals surface area contributed by atoms with Crippen molar-refractivity contribution in [2.75, 3.05) is 6.61 Å². The van der Waals surface area contributed by atoms with Crippen LogP contribution < -0.4 is 0 Å².